The molecule has 31 heavy (non-hydrogen) atoms. The van der Waals surface area contributed by atoms with E-state index in [4.69, 9.17) is 0 Å². The van der Waals surface area contributed by atoms with Crippen LogP contribution in [-0.2, 0) is 21.9 Å². The zero-order valence-electron chi connectivity index (χ0n) is 17.9. The van der Waals surface area contributed by atoms with Crippen LogP contribution in [0.3, 0.4) is 0 Å². The fourth-order valence-corrected chi connectivity index (χ4v) is 5.22. The lowest BCUT2D eigenvalue weighted by Crippen LogP contribution is -2.42. The molecular weight excluding hydrogens is 416 g/mol. The number of sulfonamides is 1. The van der Waals surface area contributed by atoms with Crippen LogP contribution in [0.1, 0.15) is 33.5 Å². The number of hydrazine groups is 1. The Bertz CT molecular complexity index is 1240. The van der Waals surface area contributed by atoms with Gasteiger partial charge in [-0.2, -0.15) is 0 Å². The van der Waals surface area contributed by atoms with Gasteiger partial charge in [-0.3, -0.25) is 20.4 Å². The number of rotatable bonds is 6. The Morgan fingerprint density at radius 1 is 1.00 bits per heavy atom. The third-order valence-corrected chi connectivity index (χ3v) is 6.74. The molecule has 0 aliphatic carbocycles. The molecule has 0 atom stereocenters. The van der Waals surface area contributed by atoms with Crippen LogP contribution in [0.15, 0.2) is 47.5 Å². The lowest BCUT2D eigenvalue weighted by Gasteiger charge is -2.13. The Morgan fingerprint density at radius 3 is 2.32 bits per heavy atom. The van der Waals surface area contributed by atoms with E-state index in [1.165, 1.54) is 0 Å². The summed E-state index contributed by atoms with van der Waals surface area (Å²) < 4.78 is 29.5. The molecule has 0 unspecified atom stereocenters. The minimum absolute atomic E-state index is 0.0922. The molecule has 0 bridgehead atoms. The number of aryl methyl sites for hydroxylation is 4. The van der Waals surface area contributed by atoms with Crippen LogP contribution >= 0.6 is 0 Å². The van der Waals surface area contributed by atoms with E-state index < -0.39 is 21.8 Å². The topological polar surface area (TPSA) is 109 Å². The highest BCUT2D eigenvalue weighted by Crippen LogP contribution is 2.22. The summed E-state index contributed by atoms with van der Waals surface area (Å²) in [6.45, 7) is 5.29. The number of benzene rings is 2. The lowest BCUT2D eigenvalue weighted by atomic mass is 10.1. The van der Waals surface area contributed by atoms with Gasteiger partial charge in [0.25, 0.3) is 5.91 Å². The van der Waals surface area contributed by atoms with E-state index in [2.05, 4.69) is 15.6 Å². The van der Waals surface area contributed by atoms with E-state index in [1.807, 2.05) is 42.8 Å². The maximum Gasteiger partial charge on any atom is 0.271 e. The first-order valence-corrected chi connectivity index (χ1v) is 11.3. The molecule has 3 rings (SSSR count). The van der Waals surface area contributed by atoms with Crippen LogP contribution in [0.5, 0.6) is 0 Å². The van der Waals surface area contributed by atoms with Crippen LogP contribution in [0.2, 0.25) is 0 Å². The lowest BCUT2D eigenvalue weighted by molar-refractivity contribution is -0.121. The van der Waals surface area contributed by atoms with E-state index >= 15 is 0 Å². The first-order valence-electron chi connectivity index (χ1n) is 9.81. The zero-order valence-corrected chi connectivity index (χ0v) is 18.8. The van der Waals surface area contributed by atoms with Gasteiger partial charge in [-0.25, -0.2) is 13.1 Å². The maximum absolute atomic E-state index is 12.6. The number of fused-ring (bicyclic) bond motifs is 1. The van der Waals surface area contributed by atoms with Gasteiger partial charge in [-0.05, 0) is 38.0 Å². The number of carbonyl (C=O) groups is 2. The first-order chi connectivity index (χ1) is 14.6. The molecular formula is C22H26N4O4S. The molecule has 0 spiro atoms. The summed E-state index contributed by atoms with van der Waals surface area (Å²) in [6.07, 6.45) is 1.56. The van der Waals surface area contributed by atoms with Crippen molar-refractivity contribution in [3.8, 4) is 0 Å². The molecule has 0 aliphatic rings. The molecule has 1 heterocycles. The average molecular weight is 443 g/mol. The quantitative estimate of drug-likeness (QED) is 0.509. The smallest absolute Gasteiger partial charge is 0.271 e. The van der Waals surface area contributed by atoms with Gasteiger partial charge in [0.05, 0.1) is 10.5 Å². The minimum Gasteiger partial charge on any atom is -0.350 e. The molecule has 1 aromatic heterocycles. The SMILES string of the molecule is Cc1cc(C)c(S(=O)(=O)NCCC(=O)NNC(=O)c2cn(C)c3ccccc23)c(C)c1. The normalized spacial score (nSPS) is 11.5. The van der Waals surface area contributed by atoms with Gasteiger partial charge >= 0.3 is 0 Å². The number of amides is 2. The molecule has 9 heteroatoms. The van der Waals surface area contributed by atoms with Crippen molar-refractivity contribution in [1.29, 1.82) is 0 Å². The molecule has 0 saturated heterocycles. The molecule has 3 aromatic rings. The highest BCUT2D eigenvalue weighted by molar-refractivity contribution is 7.89. The van der Waals surface area contributed by atoms with Crippen molar-refractivity contribution in [2.75, 3.05) is 6.54 Å². The summed E-state index contributed by atoms with van der Waals surface area (Å²) in [6, 6.07) is 11.0. The van der Waals surface area contributed by atoms with Crippen molar-refractivity contribution in [2.24, 2.45) is 7.05 Å². The monoisotopic (exact) mass is 442 g/mol. The van der Waals surface area contributed by atoms with Gasteiger partial charge in [-0.1, -0.05) is 35.9 Å². The Labute approximate surface area is 181 Å². The highest BCUT2D eigenvalue weighted by atomic mass is 32.2. The van der Waals surface area contributed by atoms with Gasteiger partial charge in [0.2, 0.25) is 15.9 Å². The molecule has 8 nitrogen and oxygen atoms in total. The van der Waals surface area contributed by atoms with Gasteiger partial charge in [0, 0.05) is 37.1 Å². The molecule has 164 valence electrons. The maximum atomic E-state index is 12.6. The van der Waals surface area contributed by atoms with Crippen molar-refractivity contribution in [2.45, 2.75) is 32.1 Å². The summed E-state index contributed by atoms with van der Waals surface area (Å²) in [4.78, 5) is 24.8. The van der Waals surface area contributed by atoms with Crippen LogP contribution < -0.4 is 15.6 Å². The van der Waals surface area contributed by atoms with Crippen molar-refractivity contribution in [1.82, 2.24) is 20.1 Å². The number of aromatic nitrogens is 1. The number of hydrogen-bond acceptors (Lipinski definition) is 4. The van der Waals surface area contributed by atoms with E-state index in [9.17, 15) is 18.0 Å². The Hall–Kier alpha value is -3.17. The Kier molecular flexibility index (Phi) is 6.47. The standard InChI is InChI=1S/C22H26N4O4S/c1-14-11-15(2)21(16(3)12-14)31(29,30)23-10-9-20(27)24-25-22(28)18-13-26(4)19-8-6-5-7-17(18)19/h5-8,11-13,23H,9-10H2,1-4H3,(H,24,27)(H,25,28). The van der Waals surface area contributed by atoms with Gasteiger partial charge in [0.1, 0.15) is 0 Å². The van der Waals surface area contributed by atoms with Gasteiger partial charge in [-0.15, -0.1) is 0 Å². The summed E-state index contributed by atoms with van der Waals surface area (Å²) in [5.74, 6) is -0.953. The summed E-state index contributed by atoms with van der Waals surface area (Å²) in [7, 11) is -1.92. The van der Waals surface area contributed by atoms with E-state index in [0.717, 1.165) is 16.5 Å². The van der Waals surface area contributed by atoms with E-state index in [0.29, 0.717) is 16.7 Å². The number of nitrogens with zero attached hydrogens (tertiary/aromatic N) is 1. The molecule has 3 N–H and O–H groups in total. The van der Waals surface area contributed by atoms with Crippen molar-refractivity contribution in [3.63, 3.8) is 0 Å². The average Bonchev–Trinajstić information content (AvgIpc) is 3.02. The number of hydrogen-bond donors (Lipinski definition) is 3. The summed E-state index contributed by atoms with van der Waals surface area (Å²) >= 11 is 0. The fourth-order valence-electron chi connectivity index (χ4n) is 3.74. The molecule has 0 aliphatic heterocycles. The predicted molar refractivity (Wildman–Crippen MR) is 119 cm³/mol. The van der Waals surface area contributed by atoms with E-state index in [-0.39, 0.29) is 17.9 Å². The van der Waals surface area contributed by atoms with Crippen molar-refractivity contribution < 1.29 is 18.0 Å². The molecule has 0 radical (unpaired) electrons. The summed E-state index contributed by atoms with van der Waals surface area (Å²) in [5, 5.41) is 0.772. The molecule has 2 aromatic carbocycles. The Morgan fingerprint density at radius 2 is 1.65 bits per heavy atom. The first kappa shape index (κ1) is 22.5. The van der Waals surface area contributed by atoms with Crippen LogP contribution in [-0.4, -0.2) is 31.3 Å². The second-order valence-corrected chi connectivity index (χ2v) is 9.25. The number of nitrogens with one attached hydrogen (secondary N) is 3. The Balaban J connectivity index is 1.55. The van der Waals surface area contributed by atoms with Crippen molar-refractivity contribution in [3.05, 3.63) is 64.8 Å². The molecule has 0 saturated carbocycles. The van der Waals surface area contributed by atoms with Crippen molar-refractivity contribution >= 4 is 32.7 Å². The van der Waals surface area contributed by atoms with Gasteiger partial charge in [0.15, 0.2) is 0 Å². The van der Waals surface area contributed by atoms with Crippen LogP contribution in [0.25, 0.3) is 10.9 Å². The number of carbonyl (C=O) groups excluding carboxylic acids is 2. The van der Waals surface area contributed by atoms with E-state index in [1.54, 1.807) is 32.2 Å². The molecule has 0 fully saturated rings. The third kappa shape index (κ3) is 4.95. The third-order valence-electron chi connectivity index (χ3n) is 4.97. The summed E-state index contributed by atoms with van der Waals surface area (Å²) in [5.41, 5.74) is 8.32. The van der Waals surface area contributed by atoms with Crippen LogP contribution in [0, 0.1) is 20.8 Å². The fraction of sp³-hybridized carbons (Fsp3) is 0.273. The second-order valence-electron chi connectivity index (χ2n) is 7.55. The highest BCUT2D eigenvalue weighted by Gasteiger charge is 2.20. The molecule has 2 amide bonds. The number of para-hydroxylation sites is 1. The zero-order chi connectivity index (χ0) is 22.8. The van der Waals surface area contributed by atoms with Gasteiger partial charge < -0.3 is 4.57 Å². The largest absolute Gasteiger partial charge is 0.350 e. The predicted octanol–water partition coefficient (Wildman–Crippen LogP) is 2.23. The minimum atomic E-state index is -3.75. The second kappa shape index (κ2) is 8.91. The van der Waals surface area contributed by atoms with Crippen LogP contribution in [0.4, 0.5) is 0 Å².